The van der Waals surface area contributed by atoms with E-state index in [-0.39, 0.29) is 0 Å². The fourth-order valence-corrected chi connectivity index (χ4v) is 1.80. The second kappa shape index (κ2) is 8.07. The number of anilines is 1. The van der Waals surface area contributed by atoms with E-state index >= 15 is 0 Å². The maximum Gasteiger partial charge on any atom is 0.170 e. The number of nitrogens with one attached hydrogen (secondary N) is 2. The van der Waals surface area contributed by atoms with Gasteiger partial charge in [-0.15, -0.1) is 0 Å². The van der Waals surface area contributed by atoms with Crippen LogP contribution in [0.25, 0.3) is 0 Å². The van der Waals surface area contributed by atoms with Gasteiger partial charge in [-0.3, -0.25) is 0 Å². The number of benzene rings is 1. The first-order valence-electron chi connectivity index (χ1n) is 6.28. The molecule has 0 fully saturated rings. The minimum Gasteiger partial charge on any atom is -0.362 e. The van der Waals surface area contributed by atoms with E-state index < -0.39 is 0 Å². The standard InChI is InChI=1S/C14H22N2S/c1-12(2)8-6-7-11-15-14(17)16-13-9-4-3-5-10-13/h3-5,9-10,12H,6-8,11H2,1-2H3,(H2,15,16,17). The summed E-state index contributed by atoms with van der Waals surface area (Å²) in [5.74, 6) is 0.796. The van der Waals surface area contributed by atoms with Gasteiger partial charge in [0.15, 0.2) is 5.11 Å². The minimum absolute atomic E-state index is 0.709. The van der Waals surface area contributed by atoms with Crippen molar-refractivity contribution in [1.82, 2.24) is 5.32 Å². The van der Waals surface area contributed by atoms with Crippen LogP contribution in [0.2, 0.25) is 0 Å². The first kappa shape index (κ1) is 14.0. The Morgan fingerprint density at radius 3 is 2.53 bits per heavy atom. The molecule has 3 heteroatoms. The predicted octanol–water partition coefficient (Wildman–Crippen LogP) is 3.80. The Bertz CT molecular complexity index is 322. The molecule has 0 aliphatic carbocycles. The molecule has 2 N–H and O–H groups in total. The summed E-state index contributed by atoms with van der Waals surface area (Å²) in [4.78, 5) is 0. The lowest BCUT2D eigenvalue weighted by molar-refractivity contribution is 0.536. The molecular formula is C14H22N2S. The van der Waals surface area contributed by atoms with Crippen LogP contribution in [0.15, 0.2) is 30.3 Å². The molecule has 0 aliphatic rings. The first-order valence-corrected chi connectivity index (χ1v) is 6.69. The van der Waals surface area contributed by atoms with Gasteiger partial charge >= 0.3 is 0 Å². The van der Waals surface area contributed by atoms with Gasteiger partial charge in [0.2, 0.25) is 0 Å². The SMILES string of the molecule is CC(C)CCCCNC(=S)Nc1ccccc1. The quantitative estimate of drug-likeness (QED) is 0.593. The monoisotopic (exact) mass is 250 g/mol. The molecule has 0 spiro atoms. The molecule has 2 nitrogen and oxygen atoms in total. The first-order chi connectivity index (χ1) is 8.18. The highest BCUT2D eigenvalue weighted by Crippen LogP contribution is 2.06. The summed E-state index contributed by atoms with van der Waals surface area (Å²) < 4.78 is 0. The van der Waals surface area contributed by atoms with Gasteiger partial charge in [-0.2, -0.15) is 0 Å². The topological polar surface area (TPSA) is 24.1 Å². The highest BCUT2D eigenvalue weighted by molar-refractivity contribution is 7.80. The molecule has 94 valence electrons. The van der Waals surface area contributed by atoms with Crippen LogP contribution in [0.5, 0.6) is 0 Å². The third-order valence-electron chi connectivity index (χ3n) is 2.53. The van der Waals surface area contributed by atoms with Crippen molar-refractivity contribution < 1.29 is 0 Å². The molecule has 1 rings (SSSR count). The van der Waals surface area contributed by atoms with Crippen molar-refractivity contribution in [2.75, 3.05) is 11.9 Å². The summed E-state index contributed by atoms with van der Waals surface area (Å²) >= 11 is 5.21. The van der Waals surface area contributed by atoms with E-state index in [2.05, 4.69) is 24.5 Å². The van der Waals surface area contributed by atoms with Crippen molar-refractivity contribution in [3.63, 3.8) is 0 Å². The van der Waals surface area contributed by atoms with E-state index in [4.69, 9.17) is 12.2 Å². The summed E-state index contributed by atoms with van der Waals surface area (Å²) in [5, 5.41) is 7.10. The Morgan fingerprint density at radius 1 is 1.18 bits per heavy atom. The lowest BCUT2D eigenvalue weighted by Crippen LogP contribution is -2.29. The second-order valence-corrected chi connectivity index (χ2v) is 5.04. The van der Waals surface area contributed by atoms with Crippen molar-refractivity contribution in [1.29, 1.82) is 0 Å². The predicted molar refractivity (Wildman–Crippen MR) is 79.4 cm³/mol. The molecular weight excluding hydrogens is 228 g/mol. The fraction of sp³-hybridized carbons (Fsp3) is 0.500. The van der Waals surface area contributed by atoms with Crippen LogP contribution in [0.4, 0.5) is 5.69 Å². The van der Waals surface area contributed by atoms with Crippen molar-refractivity contribution >= 4 is 23.0 Å². The fourth-order valence-electron chi connectivity index (χ4n) is 1.58. The van der Waals surface area contributed by atoms with E-state index in [1.165, 1.54) is 19.3 Å². The van der Waals surface area contributed by atoms with Crippen molar-refractivity contribution in [3.05, 3.63) is 30.3 Å². The van der Waals surface area contributed by atoms with E-state index in [9.17, 15) is 0 Å². The van der Waals surface area contributed by atoms with Crippen molar-refractivity contribution in [2.45, 2.75) is 33.1 Å². The molecule has 0 bridgehead atoms. The average molecular weight is 250 g/mol. The molecule has 0 saturated carbocycles. The van der Waals surface area contributed by atoms with Crippen LogP contribution in [0.1, 0.15) is 33.1 Å². The number of thiocarbonyl (C=S) groups is 1. The molecule has 1 aromatic carbocycles. The Morgan fingerprint density at radius 2 is 1.88 bits per heavy atom. The van der Waals surface area contributed by atoms with E-state index in [0.717, 1.165) is 18.2 Å². The average Bonchev–Trinajstić information content (AvgIpc) is 2.29. The largest absolute Gasteiger partial charge is 0.362 e. The zero-order chi connectivity index (χ0) is 12.5. The number of rotatable bonds is 6. The number of unbranched alkanes of at least 4 members (excludes halogenated alkanes) is 1. The van der Waals surface area contributed by atoms with Gasteiger partial charge < -0.3 is 10.6 Å². The summed E-state index contributed by atoms with van der Waals surface area (Å²) in [6.45, 7) is 5.47. The molecule has 0 atom stereocenters. The summed E-state index contributed by atoms with van der Waals surface area (Å²) in [6.07, 6.45) is 3.73. The van der Waals surface area contributed by atoms with Crippen LogP contribution in [-0.4, -0.2) is 11.7 Å². The Balaban J connectivity index is 2.10. The van der Waals surface area contributed by atoms with Crippen LogP contribution in [0.3, 0.4) is 0 Å². The number of hydrogen-bond acceptors (Lipinski definition) is 1. The lowest BCUT2D eigenvalue weighted by atomic mass is 10.1. The Kier molecular flexibility index (Phi) is 6.63. The number of para-hydroxylation sites is 1. The van der Waals surface area contributed by atoms with E-state index in [1.54, 1.807) is 0 Å². The van der Waals surface area contributed by atoms with E-state index in [0.29, 0.717) is 5.11 Å². The summed E-state index contributed by atoms with van der Waals surface area (Å²) in [7, 11) is 0. The van der Waals surface area contributed by atoms with Gasteiger partial charge in [0.1, 0.15) is 0 Å². The minimum atomic E-state index is 0.709. The molecule has 0 unspecified atom stereocenters. The second-order valence-electron chi connectivity index (χ2n) is 4.64. The summed E-state index contributed by atoms with van der Waals surface area (Å²) in [6, 6.07) is 9.99. The maximum atomic E-state index is 5.21. The maximum absolute atomic E-state index is 5.21. The van der Waals surface area contributed by atoms with Crippen LogP contribution in [-0.2, 0) is 0 Å². The highest BCUT2D eigenvalue weighted by Gasteiger charge is 1.97. The van der Waals surface area contributed by atoms with Gasteiger partial charge in [-0.25, -0.2) is 0 Å². The normalized spacial score (nSPS) is 10.3. The van der Waals surface area contributed by atoms with Gasteiger partial charge in [-0.05, 0) is 36.7 Å². The smallest absolute Gasteiger partial charge is 0.170 e. The lowest BCUT2D eigenvalue weighted by Gasteiger charge is -2.10. The highest BCUT2D eigenvalue weighted by atomic mass is 32.1. The summed E-state index contributed by atoms with van der Waals surface area (Å²) in [5.41, 5.74) is 1.03. The van der Waals surface area contributed by atoms with Crippen LogP contribution < -0.4 is 10.6 Å². The molecule has 1 aromatic rings. The third-order valence-corrected chi connectivity index (χ3v) is 2.77. The van der Waals surface area contributed by atoms with Gasteiger partial charge in [0, 0.05) is 12.2 Å². The van der Waals surface area contributed by atoms with Crippen LogP contribution in [0, 0.1) is 5.92 Å². The van der Waals surface area contributed by atoms with Crippen molar-refractivity contribution in [2.24, 2.45) is 5.92 Å². The van der Waals surface area contributed by atoms with Gasteiger partial charge in [-0.1, -0.05) is 44.9 Å². The molecule has 17 heavy (non-hydrogen) atoms. The van der Waals surface area contributed by atoms with Gasteiger partial charge in [0.25, 0.3) is 0 Å². The molecule has 0 aliphatic heterocycles. The number of hydrogen-bond donors (Lipinski definition) is 2. The van der Waals surface area contributed by atoms with Crippen LogP contribution >= 0.6 is 12.2 Å². The third kappa shape index (κ3) is 6.95. The molecule has 0 heterocycles. The van der Waals surface area contributed by atoms with Crippen molar-refractivity contribution in [3.8, 4) is 0 Å². The zero-order valence-electron chi connectivity index (χ0n) is 10.7. The Labute approximate surface area is 110 Å². The van der Waals surface area contributed by atoms with Gasteiger partial charge in [0.05, 0.1) is 0 Å². The Hall–Kier alpha value is -1.09. The van der Waals surface area contributed by atoms with E-state index in [1.807, 2.05) is 30.3 Å². The molecule has 0 amide bonds. The molecule has 0 saturated heterocycles. The molecule has 0 aromatic heterocycles. The zero-order valence-corrected chi connectivity index (χ0v) is 11.5. The molecule has 0 radical (unpaired) electrons.